The van der Waals surface area contributed by atoms with Crippen LogP contribution in [0.3, 0.4) is 0 Å². The molecule has 2 aromatic carbocycles. The number of H-pyrrole nitrogens is 2. The summed E-state index contributed by atoms with van der Waals surface area (Å²) in [5.74, 6) is -0.876. The second-order valence-corrected chi connectivity index (χ2v) is 7.20. The predicted octanol–water partition coefficient (Wildman–Crippen LogP) is 3.32. The van der Waals surface area contributed by atoms with Crippen molar-refractivity contribution in [3.8, 4) is 11.1 Å². The lowest BCUT2D eigenvalue weighted by molar-refractivity contribution is -0.143. The van der Waals surface area contributed by atoms with Gasteiger partial charge in [0.05, 0.1) is 13.0 Å². The maximum Gasteiger partial charge on any atom is 0.307 e. The topological polar surface area (TPSA) is 104 Å². The Morgan fingerprint density at radius 2 is 1.83 bits per heavy atom. The Hall–Kier alpha value is -3.32. The van der Waals surface area contributed by atoms with Crippen LogP contribution in [0.15, 0.2) is 59.4 Å². The van der Waals surface area contributed by atoms with Crippen LogP contribution in [-0.2, 0) is 16.0 Å². The number of esters is 1. The first-order valence-electron chi connectivity index (χ1n) is 9.53. The van der Waals surface area contributed by atoms with Crippen molar-refractivity contribution in [3.05, 3.63) is 81.2 Å². The van der Waals surface area contributed by atoms with Gasteiger partial charge in [-0.1, -0.05) is 48.0 Å². The van der Waals surface area contributed by atoms with Gasteiger partial charge in [0.2, 0.25) is 0 Å². The molecule has 0 bridgehead atoms. The molecule has 0 saturated carbocycles. The lowest BCUT2D eigenvalue weighted by Gasteiger charge is -2.18. The van der Waals surface area contributed by atoms with Gasteiger partial charge in [-0.15, -0.1) is 0 Å². The number of halogens is 1. The number of amides is 1. The van der Waals surface area contributed by atoms with Crippen molar-refractivity contribution in [2.24, 2.45) is 0 Å². The molecule has 0 aliphatic heterocycles. The Labute approximate surface area is 178 Å². The van der Waals surface area contributed by atoms with Crippen LogP contribution in [0.4, 0.5) is 0 Å². The number of hydrogen-bond acceptors (Lipinski definition) is 4. The first-order chi connectivity index (χ1) is 14.4. The predicted molar refractivity (Wildman–Crippen MR) is 115 cm³/mol. The smallest absolute Gasteiger partial charge is 0.307 e. The van der Waals surface area contributed by atoms with Crippen molar-refractivity contribution in [3.63, 3.8) is 0 Å². The molecule has 0 saturated heterocycles. The van der Waals surface area contributed by atoms with Crippen molar-refractivity contribution in [2.75, 3.05) is 6.61 Å². The molecule has 3 rings (SSSR count). The monoisotopic (exact) mass is 427 g/mol. The minimum Gasteiger partial charge on any atom is -0.466 e. The van der Waals surface area contributed by atoms with Crippen molar-refractivity contribution in [2.45, 2.75) is 25.8 Å². The average Bonchev–Trinajstić information content (AvgIpc) is 3.15. The number of nitrogens with one attached hydrogen (secondary N) is 3. The summed E-state index contributed by atoms with van der Waals surface area (Å²) in [6, 6.07) is 16.1. The van der Waals surface area contributed by atoms with E-state index in [9.17, 15) is 14.4 Å². The summed E-state index contributed by atoms with van der Waals surface area (Å²) in [4.78, 5) is 35.6. The fourth-order valence-electron chi connectivity index (χ4n) is 3.10. The Morgan fingerprint density at radius 3 is 2.47 bits per heavy atom. The van der Waals surface area contributed by atoms with Gasteiger partial charge in [0.15, 0.2) is 0 Å². The van der Waals surface area contributed by atoms with Crippen LogP contribution in [0, 0.1) is 0 Å². The summed E-state index contributed by atoms with van der Waals surface area (Å²) < 4.78 is 5.02. The number of benzene rings is 2. The van der Waals surface area contributed by atoms with Crippen LogP contribution in [0.5, 0.6) is 0 Å². The largest absolute Gasteiger partial charge is 0.466 e. The summed E-state index contributed by atoms with van der Waals surface area (Å²) in [5, 5.41) is 8.28. The third-order valence-electron chi connectivity index (χ3n) is 4.49. The number of rotatable bonds is 8. The molecule has 1 atom stereocenters. The highest BCUT2D eigenvalue weighted by Crippen LogP contribution is 2.23. The fourth-order valence-corrected chi connectivity index (χ4v) is 3.29. The molecule has 1 aromatic heterocycles. The van der Waals surface area contributed by atoms with E-state index in [0.29, 0.717) is 11.4 Å². The van der Waals surface area contributed by atoms with Gasteiger partial charge in [-0.2, -0.15) is 0 Å². The summed E-state index contributed by atoms with van der Waals surface area (Å²) in [5.41, 5.74) is 2.65. The van der Waals surface area contributed by atoms with Crippen molar-refractivity contribution >= 4 is 23.5 Å². The molecule has 0 aliphatic rings. The maximum atomic E-state index is 12.4. The van der Waals surface area contributed by atoms with E-state index in [-0.39, 0.29) is 18.7 Å². The zero-order valence-corrected chi connectivity index (χ0v) is 17.2. The molecule has 3 N–H and O–H groups in total. The summed E-state index contributed by atoms with van der Waals surface area (Å²) in [7, 11) is 0. The zero-order valence-electron chi connectivity index (χ0n) is 16.4. The minimum atomic E-state index is -0.494. The quantitative estimate of drug-likeness (QED) is 0.479. The van der Waals surface area contributed by atoms with E-state index in [2.05, 4.69) is 15.5 Å². The molecule has 30 heavy (non-hydrogen) atoms. The second kappa shape index (κ2) is 9.93. The van der Waals surface area contributed by atoms with Crippen LogP contribution in [0.25, 0.3) is 11.1 Å². The summed E-state index contributed by atoms with van der Waals surface area (Å²) in [6.45, 7) is 1.99. The van der Waals surface area contributed by atoms with Crippen LogP contribution in [-0.4, -0.2) is 34.7 Å². The number of aromatic amines is 2. The Balaban J connectivity index is 1.73. The Kier molecular flexibility index (Phi) is 7.08. The molecule has 156 valence electrons. The summed E-state index contributed by atoms with van der Waals surface area (Å²) >= 11 is 6.06. The SMILES string of the molecule is CCOC(=O)C[C@@H](Cc1ccc(-c2cccc(Cl)c2)cc1)NC(=O)c1cc(=O)[nH][nH]1. The average molecular weight is 428 g/mol. The number of carbonyl (C=O) groups is 2. The van der Waals surface area contributed by atoms with E-state index in [1.807, 2.05) is 48.5 Å². The van der Waals surface area contributed by atoms with Crippen LogP contribution in [0.2, 0.25) is 5.02 Å². The van der Waals surface area contributed by atoms with Gasteiger partial charge in [0.25, 0.3) is 11.5 Å². The first-order valence-corrected chi connectivity index (χ1v) is 9.91. The van der Waals surface area contributed by atoms with E-state index in [0.717, 1.165) is 22.8 Å². The van der Waals surface area contributed by atoms with Crippen LogP contribution >= 0.6 is 11.6 Å². The highest BCUT2D eigenvalue weighted by Gasteiger charge is 2.20. The molecule has 0 aliphatic carbocycles. The second-order valence-electron chi connectivity index (χ2n) is 6.76. The number of carbonyl (C=O) groups excluding carboxylic acids is 2. The molecule has 0 spiro atoms. The highest BCUT2D eigenvalue weighted by molar-refractivity contribution is 6.30. The van der Waals surface area contributed by atoms with Gasteiger partial charge in [0, 0.05) is 17.1 Å². The molecular weight excluding hydrogens is 406 g/mol. The Morgan fingerprint density at radius 1 is 1.07 bits per heavy atom. The Bertz CT molecular complexity index is 1070. The lowest BCUT2D eigenvalue weighted by Crippen LogP contribution is -2.38. The van der Waals surface area contributed by atoms with E-state index in [1.54, 1.807) is 6.92 Å². The number of ether oxygens (including phenoxy) is 1. The first kappa shape index (κ1) is 21.4. The van der Waals surface area contributed by atoms with Gasteiger partial charge in [0.1, 0.15) is 5.69 Å². The normalized spacial score (nSPS) is 11.7. The standard InChI is InChI=1S/C22H22ClN3O4/c1-2-30-21(28)12-18(24-22(29)19-13-20(27)26-25-19)10-14-6-8-15(9-7-14)16-4-3-5-17(23)11-16/h3-9,11,13,18H,2,10,12H2,1H3,(H,24,29)(H2,25,26,27)/t18-/m1/s1. The molecule has 0 fully saturated rings. The maximum absolute atomic E-state index is 12.4. The van der Waals surface area contributed by atoms with E-state index < -0.39 is 23.5 Å². The molecular formula is C22H22ClN3O4. The molecule has 1 amide bonds. The number of aromatic nitrogens is 2. The third-order valence-corrected chi connectivity index (χ3v) is 4.72. The molecule has 0 unspecified atom stereocenters. The van der Waals surface area contributed by atoms with Gasteiger partial charge in [-0.25, -0.2) is 0 Å². The third kappa shape index (κ3) is 5.84. The lowest BCUT2D eigenvalue weighted by atomic mass is 9.99. The molecule has 1 heterocycles. The zero-order chi connectivity index (χ0) is 21.5. The number of hydrogen-bond donors (Lipinski definition) is 3. The van der Waals surface area contributed by atoms with E-state index in [1.165, 1.54) is 0 Å². The van der Waals surface area contributed by atoms with Crippen molar-refractivity contribution in [1.29, 1.82) is 0 Å². The van der Waals surface area contributed by atoms with E-state index >= 15 is 0 Å². The highest BCUT2D eigenvalue weighted by atomic mass is 35.5. The summed E-state index contributed by atoms with van der Waals surface area (Å²) in [6.07, 6.45) is 0.444. The van der Waals surface area contributed by atoms with Crippen LogP contribution < -0.4 is 10.9 Å². The van der Waals surface area contributed by atoms with Crippen LogP contribution in [0.1, 0.15) is 29.4 Å². The van der Waals surface area contributed by atoms with Crippen molar-refractivity contribution in [1.82, 2.24) is 15.5 Å². The van der Waals surface area contributed by atoms with E-state index in [4.69, 9.17) is 16.3 Å². The molecule has 8 heteroatoms. The van der Waals surface area contributed by atoms with Gasteiger partial charge in [-0.3, -0.25) is 24.6 Å². The van der Waals surface area contributed by atoms with Gasteiger partial charge in [-0.05, 0) is 42.2 Å². The fraction of sp³-hybridized carbons (Fsp3) is 0.227. The minimum absolute atomic E-state index is 0.0181. The van der Waals surface area contributed by atoms with Gasteiger partial charge >= 0.3 is 5.97 Å². The van der Waals surface area contributed by atoms with Gasteiger partial charge < -0.3 is 10.1 Å². The van der Waals surface area contributed by atoms with Crippen molar-refractivity contribution < 1.29 is 14.3 Å². The molecule has 3 aromatic rings. The molecule has 0 radical (unpaired) electrons. The molecule has 7 nitrogen and oxygen atoms in total.